The van der Waals surface area contributed by atoms with E-state index in [1.165, 1.54) is 43.1 Å². The van der Waals surface area contributed by atoms with Gasteiger partial charge < -0.3 is 0 Å². The van der Waals surface area contributed by atoms with Gasteiger partial charge in [0.05, 0.1) is 17.7 Å². The zero-order valence-electron chi connectivity index (χ0n) is 15.4. The second-order valence-corrected chi connectivity index (χ2v) is 8.81. The number of likely N-dealkylation sites (N-methyl/N-ethyl adjacent to an activating group) is 1. The number of hydrazone groups is 1. The van der Waals surface area contributed by atoms with Gasteiger partial charge >= 0.3 is 0 Å². The van der Waals surface area contributed by atoms with E-state index in [2.05, 4.69) is 24.4 Å². The maximum absolute atomic E-state index is 12.4. The Morgan fingerprint density at radius 2 is 1.74 bits per heavy atom. The molecule has 1 N–H and O–H groups in total. The van der Waals surface area contributed by atoms with Crippen molar-refractivity contribution in [3.63, 3.8) is 0 Å². The van der Waals surface area contributed by atoms with Gasteiger partial charge in [-0.2, -0.15) is 9.41 Å². The minimum Gasteiger partial charge on any atom is -0.272 e. The SMILES string of the molecule is CC(C)c1ccc(/C=N\NC(=O)CN(C)S(=O)(=O)c2ccc(Cl)cc2)cc1. The minimum absolute atomic E-state index is 0.0657. The number of halogens is 1. The monoisotopic (exact) mass is 407 g/mol. The summed E-state index contributed by atoms with van der Waals surface area (Å²) in [7, 11) is -2.45. The molecule has 2 aromatic rings. The molecule has 1 amide bonds. The van der Waals surface area contributed by atoms with E-state index < -0.39 is 15.9 Å². The molecule has 0 aromatic heterocycles. The van der Waals surface area contributed by atoms with Crippen LogP contribution >= 0.6 is 11.6 Å². The van der Waals surface area contributed by atoms with Gasteiger partial charge in [0.15, 0.2) is 0 Å². The molecule has 0 fully saturated rings. The molecular weight excluding hydrogens is 386 g/mol. The lowest BCUT2D eigenvalue weighted by Crippen LogP contribution is -2.36. The van der Waals surface area contributed by atoms with Crippen molar-refractivity contribution >= 4 is 33.7 Å². The quantitative estimate of drug-likeness (QED) is 0.565. The summed E-state index contributed by atoms with van der Waals surface area (Å²) in [5, 5.41) is 4.31. The number of carbonyl (C=O) groups excluding carboxylic acids is 1. The molecule has 144 valence electrons. The van der Waals surface area contributed by atoms with Crippen molar-refractivity contribution in [2.75, 3.05) is 13.6 Å². The maximum Gasteiger partial charge on any atom is 0.255 e. The van der Waals surface area contributed by atoms with E-state index in [0.717, 1.165) is 9.87 Å². The van der Waals surface area contributed by atoms with Crippen LogP contribution in [0.15, 0.2) is 58.5 Å². The Kier molecular flexibility index (Phi) is 7.12. The highest BCUT2D eigenvalue weighted by molar-refractivity contribution is 7.89. The molecule has 27 heavy (non-hydrogen) atoms. The fourth-order valence-corrected chi connectivity index (χ4v) is 3.51. The van der Waals surface area contributed by atoms with E-state index in [1.54, 1.807) is 0 Å². The first-order valence-electron chi connectivity index (χ1n) is 8.34. The summed E-state index contributed by atoms with van der Waals surface area (Å²) in [6, 6.07) is 13.6. The highest BCUT2D eigenvalue weighted by Gasteiger charge is 2.22. The predicted octanol–water partition coefficient (Wildman–Crippen LogP) is 3.23. The summed E-state index contributed by atoms with van der Waals surface area (Å²) in [6.07, 6.45) is 1.51. The van der Waals surface area contributed by atoms with E-state index in [9.17, 15) is 13.2 Å². The molecule has 0 atom stereocenters. The second kappa shape index (κ2) is 9.12. The third-order valence-corrected chi connectivity index (χ3v) is 5.96. The first-order valence-corrected chi connectivity index (χ1v) is 10.2. The Hall–Kier alpha value is -2.22. The van der Waals surface area contributed by atoms with E-state index in [0.29, 0.717) is 10.9 Å². The van der Waals surface area contributed by atoms with E-state index in [-0.39, 0.29) is 11.4 Å². The zero-order valence-corrected chi connectivity index (χ0v) is 17.0. The van der Waals surface area contributed by atoms with Crippen molar-refractivity contribution in [2.24, 2.45) is 5.10 Å². The zero-order chi connectivity index (χ0) is 20.0. The van der Waals surface area contributed by atoms with E-state index in [1.807, 2.05) is 24.3 Å². The topological polar surface area (TPSA) is 78.8 Å². The lowest BCUT2D eigenvalue weighted by Gasteiger charge is -2.16. The summed E-state index contributed by atoms with van der Waals surface area (Å²) in [4.78, 5) is 12.0. The molecule has 2 aromatic carbocycles. The lowest BCUT2D eigenvalue weighted by atomic mass is 10.0. The van der Waals surface area contributed by atoms with Crippen LogP contribution in [-0.4, -0.2) is 38.4 Å². The third kappa shape index (κ3) is 5.89. The largest absolute Gasteiger partial charge is 0.272 e. The van der Waals surface area contributed by atoms with Crippen molar-refractivity contribution in [2.45, 2.75) is 24.7 Å². The summed E-state index contributed by atoms with van der Waals surface area (Å²) in [5.74, 6) is -0.0982. The summed E-state index contributed by atoms with van der Waals surface area (Å²) >= 11 is 5.77. The molecule has 0 aliphatic rings. The summed E-state index contributed by atoms with van der Waals surface area (Å²) in [6.45, 7) is 3.87. The molecular formula is C19H22ClN3O3S. The predicted molar refractivity (Wildman–Crippen MR) is 108 cm³/mol. The van der Waals surface area contributed by atoms with Crippen LogP contribution in [-0.2, 0) is 14.8 Å². The molecule has 0 saturated heterocycles. The lowest BCUT2D eigenvalue weighted by molar-refractivity contribution is -0.121. The van der Waals surface area contributed by atoms with Crippen LogP contribution in [0.5, 0.6) is 0 Å². The number of nitrogens with zero attached hydrogens (tertiary/aromatic N) is 2. The van der Waals surface area contributed by atoms with Crippen LogP contribution in [0.2, 0.25) is 5.02 Å². The molecule has 6 nitrogen and oxygen atoms in total. The van der Waals surface area contributed by atoms with Gasteiger partial charge in [-0.15, -0.1) is 0 Å². The van der Waals surface area contributed by atoms with Crippen LogP contribution in [0.25, 0.3) is 0 Å². The molecule has 0 bridgehead atoms. The molecule has 0 aliphatic heterocycles. The smallest absolute Gasteiger partial charge is 0.255 e. The van der Waals surface area contributed by atoms with Crippen LogP contribution in [0.1, 0.15) is 30.9 Å². The Balaban J connectivity index is 1.93. The second-order valence-electron chi connectivity index (χ2n) is 6.33. The van der Waals surface area contributed by atoms with Crippen LogP contribution in [0.3, 0.4) is 0 Å². The molecule has 0 unspecified atom stereocenters. The highest BCUT2D eigenvalue weighted by Crippen LogP contribution is 2.17. The molecule has 0 saturated carbocycles. The summed E-state index contributed by atoms with van der Waals surface area (Å²) in [5.41, 5.74) is 4.38. The molecule has 0 aliphatic carbocycles. The van der Waals surface area contributed by atoms with Gasteiger partial charge in [-0.25, -0.2) is 13.8 Å². The first-order chi connectivity index (χ1) is 12.7. The van der Waals surface area contributed by atoms with Crippen LogP contribution in [0, 0.1) is 0 Å². The van der Waals surface area contributed by atoms with E-state index >= 15 is 0 Å². The number of hydrogen-bond acceptors (Lipinski definition) is 4. The normalized spacial score (nSPS) is 12.1. The van der Waals surface area contributed by atoms with Crippen molar-refractivity contribution < 1.29 is 13.2 Å². The fourth-order valence-electron chi connectivity index (χ4n) is 2.25. The van der Waals surface area contributed by atoms with Crippen LogP contribution in [0.4, 0.5) is 0 Å². The van der Waals surface area contributed by atoms with Gasteiger partial charge in [0.2, 0.25) is 10.0 Å². The van der Waals surface area contributed by atoms with Crippen LogP contribution < -0.4 is 5.43 Å². The fraction of sp³-hybridized carbons (Fsp3) is 0.263. The molecule has 2 rings (SSSR count). The number of nitrogens with one attached hydrogen (secondary N) is 1. The van der Waals surface area contributed by atoms with Gasteiger partial charge in [-0.1, -0.05) is 49.7 Å². The average molecular weight is 408 g/mol. The first kappa shape index (κ1) is 21.1. The number of rotatable bonds is 7. The number of sulfonamides is 1. The van der Waals surface area contributed by atoms with Gasteiger partial charge in [0.25, 0.3) is 5.91 Å². The minimum atomic E-state index is -3.78. The third-order valence-electron chi connectivity index (χ3n) is 3.89. The standard InChI is InChI=1S/C19H22ClN3O3S/c1-14(2)16-6-4-15(5-7-16)12-21-22-19(24)13-23(3)27(25,26)18-10-8-17(20)9-11-18/h4-12,14H,13H2,1-3H3,(H,22,24)/b21-12-. The number of hydrogen-bond donors (Lipinski definition) is 1. The number of carbonyl (C=O) groups is 1. The molecule has 0 spiro atoms. The number of amides is 1. The summed E-state index contributed by atoms with van der Waals surface area (Å²) < 4.78 is 25.8. The van der Waals surface area contributed by atoms with Crippen molar-refractivity contribution in [3.8, 4) is 0 Å². The Morgan fingerprint density at radius 3 is 2.30 bits per heavy atom. The Labute approximate surface area is 164 Å². The average Bonchev–Trinajstić information content (AvgIpc) is 2.62. The Morgan fingerprint density at radius 1 is 1.15 bits per heavy atom. The Bertz CT molecular complexity index is 908. The van der Waals surface area contributed by atoms with Gasteiger partial charge in [-0.05, 0) is 41.3 Å². The molecule has 0 heterocycles. The molecule has 8 heteroatoms. The van der Waals surface area contributed by atoms with Gasteiger partial charge in [0, 0.05) is 12.1 Å². The van der Waals surface area contributed by atoms with Gasteiger partial charge in [0.1, 0.15) is 0 Å². The number of benzene rings is 2. The highest BCUT2D eigenvalue weighted by atomic mass is 35.5. The van der Waals surface area contributed by atoms with Crippen molar-refractivity contribution in [1.29, 1.82) is 0 Å². The van der Waals surface area contributed by atoms with E-state index in [4.69, 9.17) is 11.6 Å². The van der Waals surface area contributed by atoms with Crippen molar-refractivity contribution in [3.05, 3.63) is 64.7 Å². The van der Waals surface area contributed by atoms with Crippen molar-refractivity contribution in [1.82, 2.24) is 9.73 Å². The van der Waals surface area contributed by atoms with Gasteiger partial charge in [-0.3, -0.25) is 4.79 Å². The maximum atomic E-state index is 12.4. The molecule has 0 radical (unpaired) electrons.